The molecule has 0 bridgehead atoms. The summed E-state index contributed by atoms with van der Waals surface area (Å²) < 4.78 is 17.0. The average Bonchev–Trinajstić information content (AvgIpc) is 3.70. The number of benzene rings is 2. The van der Waals surface area contributed by atoms with Crippen LogP contribution in [0.3, 0.4) is 0 Å². The molecular weight excluding hydrogens is 708 g/mol. The lowest BCUT2D eigenvalue weighted by Crippen LogP contribution is -2.53. The van der Waals surface area contributed by atoms with Gasteiger partial charge in [-0.1, -0.05) is 36.9 Å². The first-order valence-electron chi connectivity index (χ1n) is 18.3. The zero-order chi connectivity index (χ0) is 38.1. The molecule has 3 fully saturated rings. The lowest BCUT2D eigenvalue weighted by atomic mass is 9.83. The normalized spacial score (nSPS) is 21.1. The lowest BCUT2D eigenvalue weighted by Gasteiger charge is -2.32. The molecule has 2 saturated heterocycles. The number of nitrogens with one attached hydrogen (secondary N) is 2. The summed E-state index contributed by atoms with van der Waals surface area (Å²) >= 11 is 6.31. The fourth-order valence-corrected chi connectivity index (χ4v) is 7.30. The van der Waals surface area contributed by atoms with Crippen molar-refractivity contribution in [3.05, 3.63) is 57.3 Å². The van der Waals surface area contributed by atoms with Crippen LogP contribution in [0.25, 0.3) is 0 Å². The zero-order valence-electron chi connectivity index (χ0n) is 30.4. The summed E-state index contributed by atoms with van der Waals surface area (Å²) in [6, 6.07) is 6.54. The molecule has 0 radical (unpaired) electrons. The number of hydrogen-bond donors (Lipinski definition) is 4. The second-order valence-corrected chi connectivity index (χ2v) is 14.4. The van der Waals surface area contributed by atoms with Gasteiger partial charge >= 0.3 is 0 Å². The van der Waals surface area contributed by atoms with Crippen LogP contribution < -0.4 is 36.4 Å². The number of carbonyl (C=O) groups is 4. The highest BCUT2D eigenvalue weighted by Gasteiger charge is 2.43. The molecule has 290 valence electrons. The van der Waals surface area contributed by atoms with Gasteiger partial charge in [0.2, 0.25) is 23.6 Å². The number of carbonyl (C=O) groups excluding carboxylic acids is 4. The Kier molecular flexibility index (Phi) is 13.9. The summed E-state index contributed by atoms with van der Waals surface area (Å²) in [5.74, 6) is -0.487. The van der Waals surface area contributed by atoms with Crippen LogP contribution in [0.2, 0.25) is 5.02 Å². The van der Waals surface area contributed by atoms with Crippen molar-refractivity contribution in [1.82, 2.24) is 20.3 Å². The first-order valence-corrected chi connectivity index (χ1v) is 18.6. The van der Waals surface area contributed by atoms with Gasteiger partial charge in [-0.25, -0.2) is 0 Å². The van der Waals surface area contributed by atoms with E-state index in [0.717, 1.165) is 37.7 Å². The van der Waals surface area contributed by atoms with Gasteiger partial charge in [-0.2, -0.15) is 0 Å². The summed E-state index contributed by atoms with van der Waals surface area (Å²) in [5.41, 5.74) is 13.8. The monoisotopic (exact) mass is 758 g/mol. The van der Waals surface area contributed by atoms with Gasteiger partial charge in [0.1, 0.15) is 12.6 Å². The predicted molar refractivity (Wildman–Crippen MR) is 197 cm³/mol. The number of likely N-dealkylation sites (tertiary alicyclic amines) is 1. The quantitative estimate of drug-likeness (QED) is 0.0751. The molecule has 53 heavy (non-hydrogen) atoms. The van der Waals surface area contributed by atoms with E-state index >= 15 is 0 Å². The number of methoxy groups -OCH3 is 1. The molecule has 2 heterocycles. The van der Waals surface area contributed by atoms with Crippen molar-refractivity contribution >= 4 is 40.9 Å². The molecule has 2 aliphatic heterocycles. The zero-order valence-corrected chi connectivity index (χ0v) is 31.2. The first-order chi connectivity index (χ1) is 25.4. The highest BCUT2D eigenvalue weighted by molar-refractivity contribution is 6.30. The Morgan fingerprint density at radius 3 is 2.53 bits per heavy atom. The van der Waals surface area contributed by atoms with Gasteiger partial charge < -0.3 is 46.4 Å². The summed E-state index contributed by atoms with van der Waals surface area (Å²) in [6.07, 6.45) is 7.05. The van der Waals surface area contributed by atoms with Gasteiger partial charge in [-0.3, -0.25) is 19.2 Å². The van der Waals surface area contributed by atoms with Crippen LogP contribution >= 0.6 is 11.6 Å². The molecule has 1 saturated carbocycles. The fourth-order valence-electron chi connectivity index (χ4n) is 7.10. The van der Waals surface area contributed by atoms with Crippen LogP contribution in [0.15, 0.2) is 30.3 Å². The molecule has 2 aromatic carbocycles. The number of primary amides is 1. The van der Waals surface area contributed by atoms with Crippen molar-refractivity contribution in [2.45, 2.75) is 96.0 Å². The lowest BCUT2D eigenvalue weighted by molar-refractivity contribution is -0.140. The third kappa shape index (κ3) is 10.6. The van der Waals surface area contributed by atoms with E-state index < -0.39 is 34.7 Å². The van der Waals surface area contributed by atoms with Gasteiger partial charge in [-0.15, -0.1) is 9.65 Å². The molecule has 16 heteroatoms. The van der Waals surface area contributed by atoms with Crippen LogP contribution in [0.1, 0.15) is 87.4 Å². The van der Waals surface area contributed by atoms with E-state index in [9.17, 15) is 24.4 Å². The number of ether oxygens (including phenoxy) is 3. The van der Waals surface area contributed by atoms with E-state index in [-0.39, 0.29) is 62.9 Å². The number of nitrogens with zero attached hydrogens (tertiary/aromatic N) is 2. The van der Waals surface area contributed by atoms with Gasteiger partial charge in [0.25, 0.3) is 6.73 Å². The van der Waals surface area contributed by atoms with Crippen LogP contribution in [-0.4, -0.2) is 74.2 Å². The molecular formula is C37H51ClN6O9. The maximum atomic E-state index is 13.4. The molecule has 4 atom stereocenters. The minimum Gasteiger partial charge on any atom is -0.591 e. The topological polar surface area (TPSA) is 211 Å². The van der Waals surface area contributed by atoms with Crippen LogP contribution in [-0.2, 0) is 41.9 Å². The molecule has 4 amide bonds. The van der Waals surface area contributed by atoms with Gasteiger partial charge in [-0.05, 0) is 74.3 Å². The van der Waals surface area contributed by atoms with E-state index in [1.165, 1.54) is 19.6 Å². The van der Waals surface area contributed by atoms with Crippen molar-refractivity contribution in [3.63, 3.8) is 0 Å². The number of hydrogen-bond acceptors (Lipinski definition) is 10. The van der Waals surface area contributed by atoms with E-state index in [1.54, 1.807) is 36.1 Å². The highest BCUT2D eigenvalue weighted by Crippen LogP contribution is 2.44. The van der Waals surface area contributed by atoms with Crippen LogP contribution in [0, 0.1) is 11.1 Å². The third-order valence-corrected chi connectivity index (χ3v) is 10.3. The van der Waals surface area contributed by atoms with Crippen molar-refractivity contribution in [3.8, 4) is 11.5 Å². The maximum absolute atomic E-state index is 13.4. The summed E-state index contributed by atoms with van der Waals surface area (Å²) in [5, 5.41) is 19.4. The standard InChI is InChI=1S/C37H51ClN6O9/c1-23(28-17-31(50-2)32(52-15-7-11-33(39)45)18-30(28)44(49)22-53-44)42-34(46)21-51-20-25-12-13-27(38)16-26(25)19-41-36(47)29-10-6-14-43(29)37(48)35(40)24-8-4-3-5-9-24/h12-13,16-18,23-24,29,35H,3-11,14-15,19-22,40H2,1-2H3,(H2,39,45)(H,41,47)(H,42,46)/t23?,29-,35+,44?/m1/s1. The Balaban J connectivity index is 1.15. The Morgan fingerprint density at radius 1 is 1.08 bits per heavy atom. The fraction of sp³-hybridized carbons (Fsp3) is 0.568. The second kappa shape index (κ2) is 18.4. The summed E-state index contributed by atoms with van der Waals surface area (Å²) in [7, 11) is 1.46. The Morgan fingerprint density at radius 2 is 1.83 bits per heavy atom. The first kappa shape index (κ1) is 40.2. The number of quaternary nitrogens is 1. The minimum atomic E-state index is -1.05. The number of amides is 4. The van der Waals surface area contributed by atoms with Gasteiger partial charge in [0.15, 0.2) is 17.2 Å². The number of hydroxylamine groups is 2. The van der Waals surface area contributed by atoms with Gasteiger partial charge in [0.05, 0.1) is 32.4 Å². The van der Waals surface area contributed by atoms with E-state index in [1.807, 2.05) is 0 Å². The molecule has 2 unspecified atom stereocenters. The van der Waals surface area contributed by atoms with Crippen molar-refractivity contribution in [1.29, 1.82) is 0 Å². The smallest absolute Gasteiger partial charge is 0.270 e. The summed E-state index contributed by atoms with van der Waals surface area (Å²) in [6.45, 7) is 2.24. The van der Waals surface area contributed by atoms with E-state index in [4.69, 9.17) is 42.1 Å². The second-order valence-electron chi connectivity index (χ2n) is 13.9. The largest absolute Gasteiger partial charge is 0.591 e. The predicted octanol–water partition coefficient (Wildman–Crippen LogP) is 3.61. The van der Waals surface area contributed by atoms with Crippen LogP contribution in [0.5, 0.6) is 11.5 Å². The van der Waals surface area contributed by atoms with Crippen LogP contribution in [0.4, 0.5) is 5.69 Å². The Labute approximate surface area is 314 Å². The molecule has 5 rings (SSSR count). The molecule has 0 aromatic heterocycles. The Bertz CT molecular complexity index is 1630. The summed E-state index contributed by atoms with van der Waals surface area (Å²) in [4.78, 5) is 56.5. The number of halogens is 1. The SMILES string of the molecule is COc1cc(C(C)NC(=O)COCc2ccc(Cl)cc2CNC(=O)[C@H]2CCCN2C(=O)[C@@H](N)C2CCCCC2)c([N+]2([O-])CO2)cc1OCCCC(N)=O. The molecule has 3 aliphatic rings. The van der Waals surface area contributed by atoms with Crippen molar-refractivity contribution < 1.29 is 38.2 Å². The average molecular weight is 759 g/mol. The Hall–Kier alpha value is -3.99. The third-order valence-electron chi connectivity index (χ3n) is 10.1. The molecule has 0 spiro atoms. The van der Waals surface area contributed by atoms with Crippen molar-refractivity contribution in [2.24, 2.45) is 17.4 Å². The minimum absolute atomic E-state index is 0.0592. The number of nitrogens with two attached hydrogens (primary N) is 2. The highest BCUT2D eigenvalue weighted by atomic mass is 35.5. The maximum Gasteiger partial charge on any atom is 0.270 e. The van der Waals surface area contributed by atoms with Gasteiger partial charge in [0, 0.05) is 36.2 Å². The molecule has 1 aliphatic carbocycles. The van der Waals surface area contributed by atoms with E-state index in [0.29, 0.717) is 47.0 Å². The number of rotatable bonds is 18. The molecule has 6 N–H and O–H groups in total. The van der Waals surface area contributed by atoms with E-state index in [2.05, 4.69) is 10.6 Å². The van der Waals surface area contributed by atoms with Crippen molar-refractivity contribution in [2.75, 3.05) is 33.6 Å². The molecule has 15 nitrogen and oxygen atoms in total. The molecule has 2 aromatic rings.